The van der Waals surface area contributed by atoms with E-state index in [1.54, 1.807) is 72.8 Å². The van der Waals surface area contributed by atoms with Crippen LogP contribution >= 0.6 is 0 Å². The van der Waals surface area contributed by atoms with Gasteiger partial charge in [0.1, 0.15) is 17.3 Å². The maximum Gasteiger partial charge on any atom is 0.300 e. The Kier molecular flexibility index (Phi) is 6.55. The summed E-state index contributed by atoms with van der Waals surface area (Å²) in [5, 5.41) is 13.9. The molecular weight excluding hydrogens is 448 g/mol. The van der Waals surface area contributed by atoms with Gasteiger partial charge in [0.2, 0.25) is 5.91 Å². The van der Waals surface area contributed by atoms with Crippen molar-refractivity contribution in [2.24, 2.45) is 0 Å². The van der Waals surface area contributed by atoms with Crippen LogP contribution in [0.25, 0.3) is 5.76 Å². The summed E-state index contributed by atoms with van der Waals surface area (Å²) in [6, 6.07) is 19.2. The summed E-state index contributed by atoms with van der Waals surface area (Å²) in [4.78, 5) is 39.5. The lowest BCUT2D eigenvalue weighted by Gasteiger charge is -2.26. The number of nitrogens with one attached hydrogen (secondary N) is 1. The molecule has 2 amide bonds. The Morgan fingerprint density at radius 3 is 2.26 bits per heavy atom. The van der Waals surface area contributed by atoms with E-state index in [1.807, 2.05) is 0 Å². The van der Waals surface area contributed by atoms with E-state index in [9.17, 15) is 19.5 Å². The topological polar surface area (TPSA) is 105 Å². The molecule has 8 heteroatoms. The lowest BCUT2D eigenvalue weighted by Crippen LogP contribution is -2.29. The third-order valence-corrected chi connectivity index (χ3v) is 5.66. The molecule has 4 rings (SSSR count). The molecule has 35 heavy (non-hydrogen) atoms. The number of amides is 2. The quantitative estimate of drug-likeness (QED) is 0.315. The van der Waals surface area contributed by atoms with E-state index in [-0.39, 0.29) is 17.2 Å². The first-order chi connectivity index (χ1) is 16.8. The van der Waals surface area contributed by atoms with E-state index in [0.717, 1.165) is 0 Å². The lowest BCUT2D eigenvalue weighted by atomic mass is 9.95. The predicted molar refractivity (Wildman–Crippen MR) is 132 cm³/mol. The van der Waals surface area contributed by atoms with Gasteiger partial charge < -0.3 is 19.9 Å². The fourth-order valence-corrected chi connectivity index (χ4v) is 4.06. The Bertz CT molecular complexity index is 1330. The predicted octanol–water partition coefficient (Wildman–Crippen LogP) is 4.29. The highest BCUT2D eigenvalue weighted by molar-refractivity contribution is 6.51. The molecule has 2 N–H and O–H groups in total. The summed E-state index contributed by atoms with van der Waals surface area (Å²) in [7, 11) is 3.04. The lowest BCUT2D eigenvalue weighted by molar-refractivity contribution is -0.132. The zero-order valence-electron chi connectivity index (χ0n) is 19.4. The number of hydrogen-bond donors (Lipinski definition) is 2. The maximum absolute atomic E-state index is 13.3. The van der Waals surface area contributed by atoms with Crippen molar-refractivity contribution in [1.82, 2.24) is 0 Å². The molecule has 0 saturated carbocycles. The normalized spacial score (nSPS) is 16.8. The largest absolute Gasteiger partial charge is 0.507 e. The first-order valence-electron chi connectivity index (χ1n) is 10.8. The van der Waals surface area contributed by atoms with Gasteiger partial charge in [0, 0.05) is 23.9 Å². The molecule has 1 atom stereocenters. The van der Waals surface area contributed by atoms with E-state index in [1.165, 1.54) is 26.0 Å². The van der Waals surface area contributed by atoms with Crippen molar-refractivity contribution in [2.45, 2.75) is 13.0 Å². The van der Waals surface area contributed by atoms with Gasteiger partial charge in [0.15, 0.2) is 0 Å². The number of rotatable bonds is 6. The minimum Gasteiger partial charge on any atom is -0.507 e. The molecular formula is C27H24N2O6. The van der Waals surface area contributed by atoms with Gasteiger partial charge in [-0.25, -0.2) is 0 Å². The molecule has 1 saturated heterocycles. The second kappa shape index (κ2) is 9.72. The van der Waals surface area contributed by atoms with Crippen LogP contribution in [0.1, 0.15) is 24.1 Å². The minimum atomic E-state index is -0.917. The summed E-state index contributed by atoms with van der Waals surface area (Å²) in [5.41, 5.74) is 1.74. The molecule has 1 aliphatic rings. The third-order valence-electron chi connectivity index (χ3n) is 5.66. The Balaban J connectivity index is 1.91. The van der Waals surface area contributed by atoms with E-state index in [4.69, 9.17) is 9.47 Å². The van der Waals surface area contributed by atoms with Crippen molar-refractivity contribution in [3.05, 3.63) is 89.5 Å². The first kappa shape index (κ1) is 23.6. The van der Waals surface area contributed by atoms with Crippen LogP contribution in [0.3, 0.4) is 0 Å². The number of carbonyl (C=O) groups is 3. The fraction of sp³-hybridized carbons (Fsp3) is 0.148. The standard InChI is InChI=1S/C27H24N2O6/c1-16(30)28-19-7-5-8-20(15-19)29-24(17-10-12-21(34-2)13-11-17)23(26(32)27(29)33)25(31)18-6-4-9-22(14-18)35-3/h4-15,24,31H,1-3H3,(H,28,30)/b25-23+. The van der Waals surface area contributed by atoms with Crippen molar-refractivity contribution in [3.63, 3.8) is 0 Å². The van der Waals surface area contributed by atoms with Gasteiger partial charge in [-0.05, 0) is 48.0 Å². The fourth-order valence-electron chi connectivity index (χ4n) is 4.06. The van der Waals surface area contributed by atoms with Crippen LogP contribution in [0.2, 0.25) is 0 Å². The Labute approximate surface area is 202 Å². The number of carbonyl (C=O) groups excluding carboxylic acids is 3. The Morgan fingerprint density at radius 2 is 1.60 bits per heavy atom. The zero-order chi connectivity index (χ0) is 25.1. The molecule has 3 aromatic carbocycles. The van der Waals surface area contributed by atoms with Crippen LogP contribution in [0, 0.1) is 0 Å². The highest BCUT2D eigenvalue weighted by Crippen LogP contribution is 2.43. The van der Waals surface area contributed by atoms with Crippen LogP contribution < -0.4 is 19.7 Å². The number of aliphatic hydroxyl groups is 1. The molecule has 1 fully saturated rings. The number of hydrogen-bond acceptors (Lipinski definition) is 6. The highest BCUT2D eigenvalue weighted by atomic mass is 16.5. The van der Waals surface area contributed by atoms with Gasteiger partial charge in [-0.1, -0.05) is 30.3 Å². The smallest absolute Gasteiger partial charge is 0.300 e. The maximum atomic E-state index is 13.3. The Morgan fingerprint density at radius 1 is 0.914 bits per heavy atom. The van der Waals surface area contributed by atoms with E-state index in [0.29, 0.717) is 34.0 Å². The number of benzene rings is 3. The second-order valence-corrected chi connectivity index (χ2v) is 7.91. The van der Waals surface area contributed by atoms with E-state index < -0.39 is 17.7 Å². The molecule has 0 aromatic heterocycles. The average molecular weight is 472 g/mol. The molecule has 0 radical (unpaired) electrons. The highest BCUT2D eigenvalue weighted by Gasteiger charge is 2.47. The van der Waals surface area contributed by atoms with Crippen molar-refractivity contribution in [1.29, 1.82) is 0 Å². The van der Waals surface area contributed by atoms with Gasteiger partial charge in [-0.2, -0.15) is 0 Å². The molecule has 1 aliphatic heterocycles. The van der Waals surface area contributed by atoms with E-state index >= 15 is 0 Å². The summed E-state index contributed by atoms with van der Waals surface area (Å²) >= 11 is 0. The van der Waals surface area contributed by atoms with Crippen LogP contribution in [-0.2, 0) is 14.4 Å². The molecule has 3 aromatic rings. The number of anilines is 2. The van der Waals surface area contributed by atoms with Gasteiger partial charge in [-0.3, -0.25) is 19.3 Å². The molecule has 0 bridgehead atoms. The summed E-state index contributed by atoms with van der Waals surface area (Å²) in [5.74, 6) is -1.11. The number of aliphatic hydroxyl groups excluding tert-OH is 1. The monoisotopic (exact) mass is 472 g/mol. The second-order valence-electron chi connectivity index (χ2n) is 7.91. The molecule has 1 unspecified atom stereocenters. The molecule has 0 spiro atoms. The number of Topliss-reactive ketones (excluding diaryl/α,β-unsaturated/α-hetero) is 1. The van der Waals surface area contributed by atoms with Crippen LogP contribution in [0.5, 0.6) is 11.5 Å². The number of nitrogens with zero attached hydrogens (tertiary/aromatic N) is 1. The van der Waals surface area contributed by atoms with Crippen molar-refractivity contribution in [3.8, 4) is 11.5 Å². The zero-order valence-corrected chi connectivity index (χ0v) is 19.4. The van der Waals surface area contributed by atoms with Gasteiger partial charge in [0.05, 0.1) is 25.8 Å². The van der Waals surface area contributed by atoms with Gasteiger partial charge in [0.25, 0.3) is 11.7 Å². The third kappa shape index (κ3) is 4.59. The summed E-state index contributed by atoms with van der Waals surface area (Å²) in [6.07, 6.45) is 0. The Hall–Kier alpha value is -4.59. The van der Waals surface area contributed by atoms with E-state index in [2.05, 4.69) is 5.32 Å². The van der Waals surface area contributed by atoms with Crippen molar-refractivity contribution in [2.75, 3.05) is 24.4 Å². The molecule has 178 valence electrons. The molecule has 0 aliphatic carbocycles. The minimum absolute atomic E-state index is 0.0571. The first-order valence-corrected chi connectivity index (χ1v) is 10.8. The average Bonchev–Trinajstić information content (AvgIpc) is 3.13. The van der Waals surface area contributed by atoms with Crippen LogP contribution in [0.4, 0.5) is 11.4 Å². The van der Waals surface area contributed by atoms with Crippen molar-refractivity contribution >= 4 is 34.7 Å². The SMILES string of the molecule is COc1ccc(C2/C(=C(\O)c3cccc(OC)c3)C(=O)C(=O)N2c2cccc(NC(C)=O)c2)cc1. The van der Waals surface area contributed by atoms with Crippen molar-refractivity contribution < 1.29 is 29.0 Å². The van der Waals surface area contributed by atoms with Crippen LogP contribution in [0.15, 0.2) is 78.4 Å². The number of ketones is 1. The van der Waals surface area contributed by atoms with Gasteiger partial charge >= 0.3 is 0 Å². The molecule has 8 nitrogen and oxygen atoms in total. The number of methoxy groups -OCH3 is 2. The number of ether oxygens (including phenoxy) is 2. The summed E-state index contributed by atoms with van der Waals surface area (Å²) in [6.45, 7) is 1.38. The molecule has 1 heterocycles. The summed E-state index contributed by atoms with van der Waals surface area (Å²) < 4.78 is 10.5. The van der Waals surface area contributed by atoms with Crippen LogP contribution in [-0.4, -0.2) is 36.9 Å². The van der Waals surface area contributed by atoms with Gasteiger partial charge in [-0.15, -0.1) is 0 Å².